The number of likely N-dealkylation sites (tertiary alicyclic amines) is 1. The van der Waals surface area contributed by atoms with Gasteiger partial charge in [0.05, 0.1) is 4.47 Å². The zero-order chi connectivity index (χ0) is 16.8. The first-order valence-electron chi connectivity index (χ1n) is 7.78. The molecule has 0 aliphatic carbocycles. The average molecular weight is 386 g/mol. The molecule has 1 fully saturated rings. The lowest BCUT2D eigenvalue weighted by atomic mass is 10.00. The molecule has 2 rings (SSSR count). The Morgan fingerprint density at radius 2 is 2.17 bits per heavy atom. The lowest BCUT2D eigenvalue weighted by molar-refractivity contribution is -0.126. The molecule has 1 saturated heterocycles. The van der Waals surface area contributed by atoms with E-state index in [4.69, 9.17) is 5.73 Å². The van der Waals surface area contributed by atoms with Gasteiger partial charge in [0.1, 0.15) is 11.9 Å². The van der Waals surface area contributed by atoms with Crippen LogP contribution in [0.5, 0.6) is 0 Å². The molecule has 0 saturated carbocycles. The predicted molar refractivity (Wildman–Crippen MR) is 89.5 cm³/mol. The lowest BCUT2D eigenvalue weighted by Crippen LogP contribution is -2.52. The van der Waals surface area contributed by atoms with Crippen LogP contribution in [0.2, 0.25) is 0 Å². The van der Waals surface area contributed by atoms with E-state index in [1.165, 1.54) is 12.1 Å². The highest BCUT2D eigenvalue weighted by molar-refractivity contribution is 9.10. The van der Waals surface area contributed by atoms with Gasteiger partial charge in [0.2, 0.25) is 5.91 Å². The number of hydrogen-bond donors (Lipinski definition) is 2. The summed E-state index contributed by atoms with van der Waals surface area (Å²) < 4.78 is 14.0. The molecular weight excluding hydrogens is 365 g/mol. The van der Waals surface area contributed by atoms with Crippen molar-refractivity contribution in [3.63, 3.8) is 0 Å². The summed E-state index contributed by atoms with van der Waals surface area (Å²) in [6, 6.07) is 3.77. The van der Waals surface area contributed by atoms with E-state index >= 15 is 0 Å². The summed E-state index contributed by atoms with van der Waals surface area (Å²) in [4.78, 5) is 26.5. The number of nitrogens with zero attached hydrogens (tertiary/aromatic N) is 1. The van der Waals surface area contributed by atoms with Gasteiger partial charge in [-0.2, -0.15) is 0 Å². The minimum atomic E-state index is -0.499. The predicted octanol–water partition coefficient (Wildman–Crippen LogP) is 2.05. The average Bonchev–Trinajstić information content (AvgIpc) is 2.57. The molecule has 2 amide bonds. The van der Waals surface area contributed by atoms with Crippen molar-refractivity contribution >= 4 is 27.7 Å². The number of piperidine rings is 1. The van der Waals surface area contributed by atoms with Crippen molar-refractivity contribution in [3.05, 3.63) is 34.1 Å². The van der Waals surface area contributed by atoms with Crippen LogP contribution >= 0.6 is 15.9 Å². The summed E-state index contributed by atoms with van der Waals surface area (Å²) >= 11 is 3.07. The molecule has 1 atom stereocenters. The molecule has 5 nitrogen and oxygen atoms in total. The van der Waals surface area contributed by atoms with Crippen LogP contribution in [-0.4, -0.2) is 42.4 Å². The fourth-order valence-corrected chi connectivity index (χ4v) is 2.92. The third-order valence-corrected chi connectivity index (χ3v) is 4.56. The summed E-state index contributed by atoms with van der Waals surface area (Å²) in [7, 11) is 0. The number of amides is 2. The molecule has 3 N–H and O–H groups in total. The van der Waals surface area contributed by atoms with E-state index in [-0.39, 0.29) is 17.4 Å². The highest BCUT2D eigenvalue weighted by Gasteiger charge is 2.32. The maximum absolute atomic E-state index is 13.7. The second kappa shape index (κ2) is 8.40. The second-order valence-electron chi connectivity index (χ2n) is 5.57. The van der Waals surface area contributed by atoms with Crippen LogP contribution in [0.4, 0.5) is 4.39 Å². The molecular formula is C16H21BrFN3O2. The molecule has 7 heteroatoms. The Balaban J connectivity index is 2.11. The number of carbonyl (C=O) groups is 2. The van der Waals surface area contributed by atoms with E-state index in [0.29, 0.717) is 36.9 Å². The first-order valence-corrected chi connectivity index (χ1v) is 8.57. The molecule has 1 unspecified atom stereocenters. The van der Waals surface area contributed by atoms with Gasteiger partial charge in [-0.3, -0.25) is 9.59 Å². The smallest absolute Gasteiger partial charge is 0.254 e. The van der Waals surface area contributed by atoms with Crippen molar-refractivity contribution in [2.75, 3.05) is 19.6 Å². The van der Waals surface area contributed by atoms with Crippen LogP contribution in [0.1, 0.15) is 36.0 Å². The third-order valence-electron chi connectivity index (χ3n) is 3.91. The first-order chi connectivity index (χ1) is 11.0. The summed E-state index contributed by atoms with van der Waals surface area (Å²) in [6.45, 7) is 1.51. The third kappa shape index (κ3) is 4.51. The molecule has 0 bridgehead atoms. The zero-order valence-electron chi connectivity index (χ0n) is 12.9. The summed E-state index contributed by atoms with van der Waals surface area (Å²) in [6.07, 6.45) is 3.06. The second-order valence-corrected chi connectivity index (χ2v) is 6.43. The molecule has 1 aliphatic heterocycles. The Labute approximate surface area is 143 Å². The van der Waals surface area contributed by atoms with E-state index in [2.05, 4.69) is 21.2 Å². The maximum atomic E-state index is 13.7. The Hall–Kier alpha value is -1.47. The fourth-order valence-electron chi connectivity index (χ4n) is 2.67. The van der Waals surface area contributed by atoms with Crippen molar-refractivity contribution in [3.8, 4) is 0 Å². The van der Waals surface area contributed by atoms with Crippen LogP contribution in [-0.2, 0) is 4.79 Å². The maximum Gasteiger partial charge on any atom is 0.254 e. The SMILES string of the molecule is NCCCNC(=O)C1CCCCN1C(=O)c1ccc(Br)c(F)c1. The van der Waals surface area contributed by atoms with Gasteiger partial charge in [0, 0.05) is 18.7 Å². The fraction of sp³-hybridized carbons (Fsp3) is 0.500. The molecule has 0 radical (unpaired) electrons. The zero-order valence-corrected chi connectivity index (χ0v) is 14.4. The van der Waals surface area contributed by atoms with E-state index in [9.17, 15) is 14.0 Å². The molecule has 1 aromatic carbocycles. The lowest BCUT2D eigenvalue weighted by Gasteiger charge is -2.34. The van der Waals surface area contributed by atoms with Gasteiger partial charge in [-0.25, -0.2) is 4.39 Å². The Morgan fingerprint density at radius 3 is 2.87 bits per heavy atom. The number of halogens is 2. The number of nitrogens with one attached hydrogen (secondary N) is 1. The van der Waals surface area contributed by atoms with Gasteiger partial charge in [0.15, 0.2) is 0 Å². The summed E-state index contributed by atoms with van der Waals surface area (Å²) in [5, 5.41) is 2.82. The van der Waals surface area contributed by atoms with Crippen LogP contribution in [0.3, 0.4) is 0 Å². The topological polar surface area (TPSA) is 75.4 Å². The highest BCUT2D eigenvalue weighted by atomic mass is 79.9. The molecule has 0 spiro atoms. The monoisotopic (exact) mass is 385 g/mol. The first kappa shape index (κ1) is 17.9. The minimum absolute atomic E-state index is 0.163. The van der Waals surface area contributed by atoms with Gasteiger partial charge in [-0.1, -0.05) is 0 Å². The Kier molecular flexibility index (Phi) is 6.53. The number of benzene rings is 1. The minimum Gasteiger partial charge on any atom is -0.354 e. The largest absolute Gasteiger partial charge is 0.354 e. The summed E-state index contributed by atoms with van der Waals surface area (Å²) in [5.41, 5.74) is 5.67. The number of hydrogen-bond acceptors (Lipinski definition) is 3. The van der Waals surface area contributed by atoms with E-state index < -0.39 is 11.9 Å². The molecule has 1 heterocycles. The summed E-state index contributed by atoms with van der Waals surface area (Å²) in [5.74, 6) is -0.962. The van der Waals surface area contributed by atoms with E-state index in [1.807, 2.05) is 0 Å². The highest BCUT2D eigenvalue weighted by Crippen LogP contribution is 2.22. The molecule has 126 valence electrons. The van der Waals surface area contributed by atoms with Crippen molar-refractivity contribution in [1.29, 1.82) is 0 Å². The van der Waals surface area contributed by atoms with Gasteiger partial charge in [-0.05, 0) is 66.4 Å². The van der Waals surface area contributed by atoms with E-state index in [0.717, 1.165) is 12.8 Å². The number of rotatable bonds is 5. The van der Waals surface area contributed by atoms with Crippen molar-refractivity contribution in [2.24, 2.45) is 5.73 Å². The van der Waals surface area contributed by atoms with Gasteiger partial charge < -0.3 is 16.0 Å². The normalized spacial score (nSPS) is 17.9. The van der Waals surface area contributed by atoms with Crippen molar-refractivity contribution < 1.29 is 14.0 Å². The number of carbonyl (C=O) groups excluding carboxylic acids is 2. The van der Waals surface area contributed by atoms with Crippen LogP contribution in [0.25, 0.3) is 0 Å². The van der Waals surface area contributed by atoms with E-state index in [1.54, 1.807) is 11.0 Å². The van der Waals surface area contributed by atoms with Gasteiger partial charge >= 0.3 is 0 Å². The standard InChI is InChI=1S/C16H21BrFN3O2/c17-12-6-5-11(10-13(12)18)16(23)21-9-2-1-4-14(21)15(22)20-8-3-7-19/h5-6,10,14H,1-4,7-9,19H2,(H,20,22). The van der Waals surface area contributed by atoms with Gasteiger partial charge in [-0.15, -0.1) is 0 Å². The molecule has 0 aromatic heterocycles. The van der Waals surface area contributed by atoms with Crippen molar-refractivity contribution in [2.45, 2.75) is 31.7 Å². The molecule has 1 aromatic rings. The molecule has 23 heavy (non-hydrogen) atoms. The van der Waals surface area contributed by atoms with Crippen LogP contribution < -0.4 is 11.1 Å². The molecule has 1 aliphatic rings. The quantitative estimate of drug-likeness (QED) is 0.761. The van der Waals surface area contributed by atoms with Crippen LogP contribution in [0, 0.1) is 5.82 Å². The number of nitrogens with two attached hydrogens (primary N) is 1. The Bertz CT molecular complexity index is 582. The van der Waals surface area contributed by atoms with Crippen LogP contribution in [0.15, 0.2) is 22.7 Å². The van der Waals surface area contributed by atoms with Gasteiger partial charge in [0.25, 0.3) is 5.91 Å². The Morgan fingerprint density at radius 1 is 1.39 bits per heavy atom. The van der Waals surface area contributed by atoms with Crippen molar-refractivity contribution in [1.82, 2.24) is 10.2 Å².